The van der Waals surface area contributed by atoms with Crippen molar-refractivity contribution < 1.29 is 42.2 Å². The van der Waals surface area contributed by atoms with Gasteiger partial charge in [0.05, 0.1) is 0 Å². The van der Waals surface area contributed by atoms with Crippen LogP contribution in [0.3, 0.4) is 0 Å². The van der Waals surface area contributed by atoms with Crippen molar-refractivity contribution in [1.82, 2.24) is 15.3 Å². The van der Waals surface area contributed by atoms with Crippen LogP contribution in [0.5, 0.6) is 0 Å². The number of nitrogens with zero attached hydrogens (tertiary/aromatic N) is 3. The van der Waals surface area contributed by atoms with E-state index in [9.17, 15) is 42.2 Å². The highest BCUT2D eigenvalue weighted by molar-refractivity contribution is 8.45. The summed E-state index contributed by atoms with van der Waals surface area (Å²) in [5, 5.41) is 2.38. The van der Waals surface area contributed by atoms with Gasteiger partial charge in [-0.1, -0.05) is 31.0 Å². The van der Waals surface area contributed by atoms with Crippen LogP contribution >= 0.6 is 21.8 Å². The topological polar surface area (TPSA) is 75.2 Å². The van der Waals surface area contributed by atoms with Crippen LogP contribution in [-0.2, 0) is 15.0 Å². The molecule has 2 amide bonds. The Labute approximate surface area is 211 Å². The third-order valence-electron chi connectivity index (χ3n) is 5.70. The molecule has 1 heterocycles. The van der Waals surface area contributed by atoms with Crippen molar-refractivity contribution in [2.75, 3.05) is 4.90 Å². The number of anilines is 1. The van der Waals surface area contributed by atoms with Crippen LogP contribution in [0.15, 0.2) is 47.9 Å². The molecular formula is C20H18BClF8N4O2S. The SMILES string of the molecule is [B][C@](C(=O)NC1CCC(F)(F)CC1)(c1cncnc1)N(C(=O)[C@H](F)Cl)c1ccc(S(F)(F)(F)(F)F)cc1. The second-order valence-corrected chi connectivity index (χ2v) is 11.2. The molecule has 1 N–H and O–H groups in total. The van der Waals surface area contributed by atoms with Gasteiger partial charge in [0.2, 0.25) is 11.8 Å². The maximum atomic E-state index is 14.1. The number of alkyl halides is 4. The summed E-state index contributed by atoms with van der Waals surface area (Å²) in [5.74, 6) is -5.96. The molecule has 0 unspecified atom stereocenters. The summed E-state index contributed by atoms with van der Waals surface area (Å²) in [6, 6.07) is -0.234. The van der Waals surface area contributed by atoms with E-state index in [1.807, 2.05) is 0 Å². The Morgan fingerprint density at radius 2 is 1.59 bits per heavy atom. The number of hydrogen-bond donors (Lipinski definition) is 1. The molecule has 0 aliphatic heterocycles. The van der Waals surface area contributed by atoms with Gasteiger partial charge in [-0.2, -0.15) is 0 Å². The van der Waals surface area contributed by atoms with Crippen LogP contribution in [0.4, 0.5) is 38.3 Å². The fourth-order valence-electron chi connectivity index (χ4n) is 3.79. The van der Waals surface area contributed by atoms with Crippen LogP contribution in [0.1, 0.15) is 31.2 Å². The number of rotatable bonds is 7. The van der Waals surface area contributed by atoms with Gasteiger partial charge in [0, 0.05) is 42.5 Å². The van der Waals surface area contributed by atoms with Crippen molar-refractivity contribution in [3.8, 4) is 0 Å². The normalized spacial score (nSPS) is 20.6. The predicted octanol–water partition coefficient (Wildman–Crippen LogP) is 5.72. The molecule has 6 nitrogen and oxygen atoms in total. The van der Waals surface area contributed by atoms with Crippen molar-refractivity contribution in [3.05, 3.63) is 48.5 Å². The minimum absolute atomic E-state index is 0.0678. The van der Waals surface area contributed by atoms with E-state index in [0.29, 0.717) is 12.1 Å². The molecule has 2 atom stereocenters. The fourth-order valence-corrected chi connectivity index (χ4v) is 4.54. The van der Waals surface area contributed by atoms with Crippen LogP contribution < -0.4 is 10.2 Å². The minimum atomic E-state index is -10.1. The van der Waals surface area contributed by atoms with Crippen LogP contribution in [0.25, 0.3) is 0 Å². The molecule has 1 saturated carbocycles. The average Bonchev–Trinajstić information content (AvgIpc) is 2.79. The number of halogens is 9. The summed E-state index contributed by atoms with van der Waals surface area (Å²) >= 11 is 5.29. The molecule has 1 aromatic carbocycles. The summed E-state index contributed by atoms with van der Waals surface area (Å²) in [6.45, 7) is 0. The smallest absolute Gasteiger partial charge is 0.310 e. The van der Waals surface area contributed by atoms with Gasteiger partial charge in [0.15, 0.2) is 0 Å². The standard InChI is InChI=1S/C20H18BClF8N4O2S/c21-20(12-9-31-11-32-10-12,18(36)33-13-5-7-19(24,25)8-6-13)34(17(35)16(22)23)14-1-3-15(4-2-14)37(26,27,28,29)30/h1-4,9-11,13,16H,5-8H2,(H,33,36)/t16-,20+/m0/s1. The molecule has 17 heteroatoms. The van der Waals surface area contributed by atoms with Crippen LogP contribution in [-0.4, -0.2) is 47.2 Å². The molecule has 1 aliphatic rings. The lowest BCUT2D eigenvalue weighted by atomic mass is 9.69. The highest BCUT2D eigenvalue weighted by atomic mass is 35.5. The number of carbonyl (C=O) groups is 2. The Morgan fingerprint density at radius 3 is 2.05 bits per heavy atom. The molecule has 2 radical (unpaired) electrons. The predicted molar refractivity (Wildman–Crippen MR) is 121 cm³/mol. The molecule has 1 aromatic heterocycles. The van der Waals surface area contributed by atoms with Crippen LogP contribution in [0, 0.1) is 0 Å². The van der Waals surface area contributed by atoms with E-state index < -0.39 is 68.5 Å². The molecular weight excluding hydrogens is 559 g/mol. The maximum Gasteiger partial charge on any atom is 0.310 e. The zero-order chi connectivity index (χ0) is 27.9. The largest absolute Gasteiger partial charge is 0.352 e. The first-order chi connectivity index (χ1) is 16.7. The Hall–Kier alpha value is -2.62. The molecule has 3 rings (SSSR count). The average molecular weight is 577 g/mol. The van der Waals surface area contributed by atoms with E-state index in [-0.39, 0.29) is 35.4 Å². The molecule has 1 aliphatic carbocycles. The van der Waals surface area contributed by atoms with E-state index >= 15 is 0 Å². The summed E-state index contributed by atoms with van der Waals surface area (Å²) in [5.41, 5.74) is -6.77. The van der Waals surface area contributed by atoms with Gasteiger partial charge in [0.25, 0.3) is 11.5 Å². The lowest BCUT2D eigenvalue weighted by Crippen LogP contribution is -2.62. The highest BCUT2D eigenvalue weighted by Crippen LogP contribution is 3.02. The molecule has 37 heavy (non-hydrogen) atoms. The number of aromatic nitrogens is 2. The summed E-state index contributed by atoms with van der Waals surface area (Å²) in [7, 11) is -3.83. The molecule has 2 aromatic rings. The third kappa shape index (κ3) is 6.45. The van der Waals surface area contributed by atoms with Crippen molar-refractivity contribution in [3.63, 3.8) is 0 Å². The first-order valence-corrected chi connectivity index (χ1v) is 12.8. The van der Waals surface area contributed by atoms with Gasteiger partial charge in [-0.15, -0.1) is 0 Å². The van der Waals surface area contributed by atoms with Gasteiger partial charge < -0.3 is 5.32 Å². The first-order valence-electron chi connectivity index (χ1n) is 10.4. The quantitative estimate of drug-likeness (QED) is 0.260. The monoisotopic (exact) mass is 576 g/mol. The summed E-state index contributed by atoms with van der Waals surface area (Å²) < 4.78 is 107. The molecule has 1 fully saturated rings. The van der Waals surface area contributed by atoms with Crippen molar-refractivity contribution in [1.29, 1.82) is 0 Å². The van der Waals surface area contributed by atoms with Crippen molar-refractivity contribution >= 4 is 47.2 Å². The Bertz CT molecular complexity index is 1170. The minimum Gasteiger partial charge on any atom is -0.352 e. The number of benzene rings is 1. The zero-order valence-electron chi connectivity index (χ0n) is 18.6. The summed E-state index contributed by atoms with van der Waals surface area (Å²) in [6.07, 6.45) is 1.36. The second kappa shape index (κ2) is 9.00. The first kappa shape index (κ1) is 28.9. The van der Waals surface area contributed by atoms with E-state index in [2.05, 4.69) is 15.3 Å². The van der Waals surface area contributed by atoms with Gasteiger partial charge in [-0.3, -0.25) is 14.5 Å². The molecule has 0 bridgehead atoms. The molecule has 0 saturated heterocycles. The lowest BCUT2D eigenvalue weighted by Gasteiger charge is -2.43. The van der Waals surface area contributed by atoms with Gasteiger partial charge in [-0.05, 0) is 37.1 Å². The fraction of sp³-hybridized carbons (Fsp3) is 0.400. The maximum absolute atomic E-state index is 14.1. The van der Waals surface area contributed by atoms with Crippen molar-refractivity contribution in [2.24, 2.45) is 0 Å². The van der Waals surface area contributed by atoms with Gasteiger partial charge in [-0.25, -0.2) is 23.1 Å². The Morgan fingerprint density at radius 1 is 1.08 bits per heavy atom. The summed E-state index contributed by atoms with van der Waals surface area (Å²) in [4.78, 5) is 31.4. The van der Waals surface area contributed by atoms with Crippen LogP contribution in [0.2, 0.25) is 0 Å². The second-order valence-electron chi connectivity index (χ2n) is 8.43. The van der Waals surface area contributed by atoms with E-state index in [1.165, 1.54) is 0 Å². The number of hydrogen-bond acceptors (Lipinski definition) is 4. The number of amides is 2. The zero-order valence-corrected chi connectivity index (χ0v) is 20.1. The molecule has 0 spiro atoms. The number of carbonyl (C=O) groups excluding carboxylic acids is 2. The van der Waals surface area contributed by atoms with Gasteiger partial charge >= 0.3 is 10.2 Å². The Balaban J connectivity index is 2.11. The van der Waals surface area contributed by atoms with E-state index in [0.717, 1.165) is 18.7 Å². The lowest BCUT2D eigenvalue weighted by molar-refractivity contribution is -0.130. The van der Waals surface area contributed by atoms with Gasteiger partial charge in [0.1, 0.15) is 24.5 Å². The van der Waals surface area contributed by atoms with Crippen molar-refractivity contribution in [2.45, 2.75) is 53.6 Å². The van der Waals surface area contributed by atoms with E-state index in [1.54, 1.807) is 0 Å². The Kier molecular flexibility index (Phi) is 7.04. The highest BCUT2D eigenvalue weighted by Gasteiger charge is 2.65. The molecule has 202 valence electrons. The number of nitrogens with one attached hydrogen (secondary N) is 1. The third-order valence-corrected chi connectivity index (χ3v) is 7.05. The van der Waals surface area contributed by atoms with E-state index in [4.69, 9.17) is 19.4 Å².